The van der Waals surface area contributed by atoms with Crippen molar-refractivity contribution in [2.45, 2.75) is 97.0 Å². The van der Waals surface area contributed by atoms with Crippen molar-refractivity contribution in [1.82, 2.24) is 0 Å². The van der Waals surface area contributed by atoms with Gasteiger partial charge < -0.3 is 19.3 Å². The molecule has 0 aliphatic carbocycles. The lowest BCUT2D eigenvalue weighted by atomic mass is 10.1. The van der Waals surface area contributed by atoms with Crippen LogP contribution in [0.1, 0.15) is 90.9 Å². The Kier molecular flexibility index (Phi) is 17.8. The van der Waals surface area contributed by atoms with Crippen molar-refractivity contribution in [3.05, 3.63) is 12.2 Å². The molecule has 0 amide bonds. The Bertz CT molecular complexity index is 529. The smallest absolute Gasteiger partial charge is 0.462 e. The van der Waals surface area contributed by atoms with Crippen molar-refractivity contribution in [2.75, 3.05) is 13.2 Å². The number of unbranched alkanes of at least 4 members (excludes halogenated alkanes) is 7. The lowest BCUT2D eigenvalue weighted by Gasteiger charge is -2.18. The van der Waals surface area contributed by atoms with Gasteiger partial charge in [0, 0.05) is 12.8 Å². The first-order chi connectivity index (χ1) is 14.3. The van der Waals surface area contributed by atoms with Gasteiger partial charge in [0.15, 0.2) is 6.10 Å². The second-order valence-electron chi connectivity index (χ2n) is 7.25. The lowest BCUT2D eigenvalue weighted by molar-refractivity contribution is -0.161. The van der Waals surface area contributed by atoms with E-state index in [4.69, 9.17) is 19.3 Å². The van der Waals surface area contributed by atoms with Crippen LogP contribution >= 0.6 is 7.82 Å². The third-order valence-electron chi connectivity index (χ3n) is 4.27. The Hall–Kier alpha value is -1.21. The number of esters is 2. The SMILES string of the molecule is CCC/C=C/CCCCCCCC(=O)O[C@H](COC(=O)CCCC)COP(=O)(O)O. The van der Waals surface area contributed by atoms with Gasteiger partial charge in [-0.15, -0.1) is 0 Å². The standard InChI is InChI=1S/C21H39O8P/c1-3-5-7-8-9-10-11-12-13-14-16-21(23)29-19(18-28-30(24,25)26)17-27-20(22)15-6-4-2/h7-8,19H,3-6,9-18H2,1-2H3,(H2,24,25,26)/b8-7+/t19-/m1/s1. The van der Waals surface area contributed by atoms with Crippen LogP contribution in [-0.4, -0.2) is 41.0 Å². The number of ether oxygens (including phenoxy) is 2. The summed E-state index contributed by atoms with van der Waals surface area (Å²) >= 11 is 0. The molecule has 0 unspecified atom stereocenters. The van der Waals surface area contributed by atoms with Gasteiger partial charge in [0.1, 0.15) is 6.61 Å². The quantitative estimate of drug-likeness (QED) is 0.124. The van der Waals surface area contributed by atoms with Crippen LogP contribution in [0.25, 0.3) is 0 Å². The fraction of sp³-hybridized carbons (Fsp3) is 0.810. The highest BCUT2D eigenvalue weighted by molar-refractivity contribution is 7.46. The fourth-order valence-electron chi connectivity index (χ4n) is 2.58. The number of rotatable bonds is 19. The van der Waals surface area contributed by atoms with Gasteiger partial charge in [0.25, 0.3) is 0 Å². The van der Waals surface area contributed by atoms with E-state index in [1.54, 1.807) is 0 Å². The number of carbonyl (C=O) groups is 2. The van der Waals surface area contributed by atoms with Crippen molar-refractivity contribution in [3.8, 4) is 0 Å². The van der Waals surface area contributed by atoms with Crippen molar-refractivity contribution >= 4 is 19.8 Å². The van der Waals surface area contributed by atoms with Gasteiger partial charge in [-0.3, -0.25) is 14.1 Å². The minimum atomic E-state index is -4.71. The maximum absolute atomic E-state index is 12.0. The Morgan fingerprint density at radius 1 is 0.833 bits per heavy atom. The van der Waals surface area contributed by atoms with Gasteiger partial charge in [-0.2, -0.15) is 0 Å². The second-order valence-corrected chi connectivity index (χ2v) is 8.49. The van der Waals surface area contributed by atoms with Gasteiger partial charge in [-0.05, 0) is 32.1 Å². The summed E-state index contributed by atoms with van der Waals surface area (Å²) in [4.78, 5) is 41.3. The average Bonchev–Trinajstić information content (AvgIpc) is 2.69. The van der Waals surface area contributed by atoms with E-state index in [0.29, 0.717) is 12.8 Å². The molecule has 0 aliphatic rings. The van der Waals surface area contributed by atoms with Crippen LogP contribution in [0.2, 0.25) is 0 Å². The summed E-state index contributed by atoms with van der Waals surface area (Å²) in [6.45, 7) is 3.27. The monoisotopic (exact) mass is 450 g/mol. The molecule has 0 heterocycles. The molecular formula is C21H39O8P. The minimum Gasteiger partial charge on any atom is -0.462 e. The predicted octanol–water partition coefficient (Wildman–Crippen LogP) is 4.83. The molecule has 0 radical (unpaired) electrons. The van der Waals surface area contributed by atoms with Crippen LogP contribution in [0.15, 0.2) is 12.2 Å². The van der Waals surface area contributed by atoms with Gasteiger partial charge in [-0.1, -0.05) is 58.1 Å². The normalized spacial score (nSPS) is 12.8. The van der Waals surface area contributed by atoms with Gasteiger partial charge in [0.2, 0.25) is 0 Å². The Labute approximate surface area is 180 Å². The van der Waals surface area contributed by atoms with E-state index in [-0.39, 0.29) is 19.4 Å². The first-order valence-corrected chi connectivity index (χ1v) is 12.5. The number of phosphoric acid groups is 1. The van der Waals surface area contributed by atoms with Crippen LogP contribution in [0, 0.1) is 0 Å². The molecule has 0 aromatic heterocycles. The molecule has 0 bridgehead atoms. The highest BCUT2D eigenvalue weighted by atomic mass is 31.2. The second kappa shape index (κ2) is 18.6. The zero-order valence-electron chi connectivity index (χ0n) is 18.4. The molecule has 0 spiro atoms. The van der Waals surface area contributed by atoms with Crippen LogP contribution in [0.3, 0.4) is 0 Å². The van der Waals surface area contributed by atoms with E-state index in [2.05, 4.69) is 23.6 Å². The van der Waals surface area contributed by atoms with Crippen molar-refractivity contribution < 1.29 is 37.9 Å². The average molecular weight is 451 g/mol. The fourth-order valence-corrected chi connectivity index (χ4v) is 2.95. The molecule has 9 heteroatoms. The maximum Gasteiger partial charge on any atom is 0.469 e. The molecule has 0 saturated carbocycles. The van der Waals surface area contributed by atoms with Crippen LogP contribution in [0.4, 0.5) is 0 Å². The Morgan fingerprint density at radius 3 is 2.13 bits per heavy atom. The van der Waals surface area contributed by atoms with E-state index in [9.17, 15) is 14.2 Å². The molecule has 0 aliphatic heterocycles. The summed E-state index contributed by atoms with van der Waals surface area (Å²) in [5, 5.41) is 0. The van der Waals surface area contributed by atoms with Crippen LogP contribution in [-0.2, 0) is 28.2 Å². The Morgan fingerprint density at radius 2 is 1.47 bits per heavy atom. The molecule has 8 nitrogen and oxygen atoms in total. The third-order valence-corrected chi connectivity index (χ3v) is 4.75. The molecule has 2 N–H and O–H groups in total. The molecule has 1 atom stereocenters. The zero-order valence-corrected chi connectivity index (χ0v) is 19.3. The molecular weight excluding hydrogens is 411 g/mol. The summed E-state index contributed by atoms with van der Waals surface area (Å²) in [7, 11) is -4.71. The molecule has 176 valence electrons. The molecule has 0 rings (SSSR count). The molecule has 0 saturated heterocycles. The first kappa shape index (κ1) is 28.8. The lowest BCUT2D eigenvalue weighted by Crippen LogP contribution is -2.29. The van der Waals surface area contributed by atoms with Crippen LogP contribution < -0.4 is 0 Å². The number of hydrogen-bond donors (Lipinski definition) is 2. The third kappa shape index (κ3) is 20.1. The van der Waals surface area contributed by atoms with E-state index < -0.39 is 32.5 Å². The van der Waals surface area contributed by atoms with Crippen molar-refractivity contribution in [3.63, 3.8) is 0 Å². The van der Waals surface area contributed by atoms with Gasteiger partial charge >= 0.3 is 19.8 Å². The molecule has 30 heavy (non-hydrogen) atoms. The van der Waals surface area contributed by atoms with Gasteiger partial charge in [-0.25, -0.2) is 4.57 Å². The number of allylic oxidation sites excluding steroid dienone is 2. The molecule has 0 aromatic rings. The summed E-state index contributed by atoms with van der Waals surface area (Å²) in [6.07, 6.45) is 13.6. The van der Waals surface area contributed by atoms with E-state index in [1.807, 2.05) is 6.92 Å². The topological polar surface area (TPSA) is 119 Å². The number of phosphoric ester groups is 1. The van der Waals surface area contributed by atoms with Crippen molar-refractivity contribution in [1.29, 1.82) is 0 Å². The summed E-state index contributed by atoms with van der Waals surface area (Å²) < 4.78 is 25.5. The van der Waals surface area contributed by atoms with Gasteiger partial charge in [0.05, 0.1) is 6.61 Å². The highest BCUT2D eigenvalue weighted by Crippen LogP contribution is 2.35. The minimum absolute atomic E-state index is 0.201. The van der Waals surface area contributed by atoms with E-state index in [1.165, 1.54) is 6.42 Å². The van der Waals surface area contributed by atoms with E-state index >= 15 is 0 Å². The molecule has 0 aromatic carbocycles. The van der Waals surface area contributed by atoms with E-state index in [0.717, 1.165) is 44.9 Å². The van der Waals surface area contributed by atoms with Crippen LogP contribution in [0.5, 0.6) is 0 Å². The predicted molar refractivity (Wildman–Crippen MR) is 115 cm³/mol. The van der Waals surface area contributed by atoms with Crippen molar-refractivity contribution in [2.24, 2.45) is 0 Å². The zero-order chi connectivity index (χ0) is 22.7. The number of hydrogen-bond acceptors (Lipinski definition) is 6. The summed E-state index contributed by atoms with van der Waals surface area (Å²) in [5.74, 6) is -0.944. The summed E-state index contributed by atoms with van der Waals surface area (Å²) in [5.41, 5.74) is 0. The number of carbonyl (C=O) groups excluding carboxylic acids is 2. The summed E-state index contributed by atoms with van der Waals surface area (Å²) in [6, 6.07) is 0. The molecule has 0 fully saturated rings. The largest absolute Gasteiger partial charge is 0.469 e. The Balaban J connectivity index is 4.11. The maximum atomic E-state index is 12.0. The first-order valence-electron chi connectivity index (χ1n) is 11.0. The highest BCUT2D eigenvalue weighted by Gasteiger charge is 2.22.